The first-order valence-electron chi connectivity index (χ1n) is 12.3. The van der Waals surface area contributed by atoms with E-state index in [2.05, 4.69) is 17.1 Å². The monoisotopic (exact) mass is 464 g/mol. The number of allylic oxidation sites excluding steroid dienone is 2. The summed E-state index contributed by atoms with van der Waals surface area (Å²) in [7, 11) is 0. The molecule has 6 heteroatoms. The Hall–Kier alpha value is -3.80. The van der Waals surface area contributed by atoms with Crippen LogP contribution in [0.25, 0.3) is 10.9 Å². The fourth-order valence-corrected chi connectivity index (χ4v) is 6.74. The summed E-state index contributed by atoms with van der Waals surface area (Å²) in [5.74, 6) is -0.230. The lowest BCUT2D eigenvalue weighted by atomic mass is 9.63. The minimum atomic E-state index is -1.03. The molecular weight excluding hydrogens is 440 g/mol. The Morgan fingerprint density at radius 3 is 2.31 bits per heavy atom. The fourth-order valence-electron chi connectivity index (χ4n) is 6.74. The van der Waals surface area contributed by atoms with Gasteiger partial charge in [0.05, 0.1) is 11.8 Å². The molecular formula is C29H24N2O4. The number of carbonyl (C=O) groups is 3. The Balaban J connectivity index is 1.25. The number of ether oxygens (including phenoxy) is 1. The summed E-state index contributed by atoms with van der Waals surface area (Å²) in [4.78, 5) is 46.8. The number of pyridine rings is 1. The number of likely N-dealkylation sites (tertiary alicyclic amines) is 1. The second kappa shape index (κ2) is 7.60. The van der Waals surface area contributed by atoms with Crippen molar-refractivity contribution in [3.63, 3.8) is 0 Å². The third-order valence-corrected chi connectivity index (χ3v) is 8.36. The molecule has 0 unspecified atom stereocenters. The Labute approximate surface area is 202 Å². The van der Waals surface area contributed by atoms with Gasteiger partial charge in [-0.15, -0.1) is 0 Å². The smallest absolute Gasteiger partial charge is 0.335 e. The van der Waals surface area contributed by atoms with Crippen molar-refractivity contribution < 1.29 is 19.1 Å². The molecule has 0 radical (unpaired) electrons. The predicted octanol–water partition coefficient (Wildman–Crippen LogP) is 3.80. The molecule has 3 fully saturated rings. The van der Waals surface area contributed by atoms with Crippen molar-refractivity contribution in [2.75, 3.05) is 0 Å². The zero-order valence-electron chi connectivity index (χ0n) is 19.0. The molecule has 0 N–H and O–H groups in total. The molecule has 8 rings (SSSR count). The number of benzene rings is 2. The lowest BCUT2D eigenvalue weighted by molar-refractivity contribution is -0.153. The maximum Gasteiger partial charge on any atom is 0.335 e. The van der Waals surface area contributed by atoms with Gasteiger partial charge in [0.15, 0.2) is 5.75 Å². The minimum Gasteiger partial charge on any atom is -0.423 e. The summed E-state index contributed by atoms with van der Waals surface area (Å²) in [5, 5.41) is 0.846. The van der Waals surface area contributed by atoms with Gasteiger partial charge < -0.3 is 4.74 Å². The third-order valence-electron chi connectivity index (χ3n) is 8.36. The number of aromatic nitrogens is 1. The molecule has 174 valence electrons. The minimum absolute atomic E-state index is 0.104. The van der Waals surface area contributed by atoms with Crippen molar-refractivity contribution in [1.29, 1.82) is 0 Å². The van der Waals surface area contributed by atoms with Gasteiger partial charge in [0.2, 0.25) is 11.8 Å². The van der Waals surface area contributed by atoms with Crippen molar-refractivity contribution in [1.82, 2.24) is 9.88 Å². The molecule has 3 aromatic rings. The van der Waals surface area contributed by atoms with Crippen molar-refractivity contribution in [2.45, 2.75) is 18.9 Å². The molecule has 6 nitrogen and oxygen atoms in total. The normalized spacial score (nSPS) is 30.8. The quantitative estimate of drug-likeness (QED) is 0.248. The summed E-state index contributed by atoms with van der Waals surface area (Å²) in [6.45, 7) is 0. The van der Waals surface area contributed by atoms with Gasteiger partial charge in [-0.05, 0) is 47.8 Å². The summed E-state index contributed by atoms with van der Waals surface area (Å²) in [6, 6.07) is 17.6. The van der Waals surface area contributed by atoms with Gasteiger partial charge in [-0.1, -0.05) is 60.7 Å². The number of hydrogen-bond acceptors (Lipinski definition) is 5. The van der Waals surface area contributed by atoms with Gasteiger partial charge >= 0.3 is 5.97 Å². The van der Waals surface area contributed by atoms with E-state index in [0.717, 1.165) is 17.4 Å². The SMILES string of the molecule is O=C(Oc1cccc2cccnc12)[C@@H](Cc1ccccc1)N1C(=O)[C@@H]2[C@@H]3C=C[C@H]([C@H]4C[C@H]34)[C@@H]2C1=O. The van der Waals surface area contributed by atoms with Gasteiger partial charge in [0, 0.05) is 18.0 Å². The number of rotatable bonds is 5. The molecule has 1 aliphatic heterocycles. The molecule has 0 spiro atoms. The number of imide groups is 1. The number of fused-ring (bicyclic) bond motifs is 1. The second-order valence-electron chi connectivity index (χ2n) is 10.2. The Bertz CT molecular complexity index is 1360. The van der Waals surface area contributed by atoms with E-state index in [-0.39, 0.29) is 41.9 Å². The molecule has 7 atom stereocenters. The molecule has 1 aromatic heterocycles. The van der Waals surface area contributed by atoms with Gasteiger partial charge in [-0.2, -0.15) is 0 Å². The van der Waals surface area contributed by atoms with Crippen LogP contribution in [-0.2, 0) is 20.8 Å². The van der Waals surface area contributed by atoms with E-state index < -0.39 is 12.0 Å². The number of para-hydroxylation sites is 1. The van der Waals surface area contributed by atoms with Gasteiger partial charge in [0.1, 0.15) is 11.6 Å². The fraction of sp³-hybridized carbons (Fsp3) is 0.310. The molecule has 4 aliphatic carbocycles. The Morgan fingerprint density at radius 2 is 1.60 bits per heavy atom. The van der Waals surface area contributed by atoms with Crippen LogP contribution in [0.5, 0.6) is 5.75 Å². The largest absolute Gasteiger partial charge is 0.423 e. The van der Waals surface area contributed by atoms with Crippen LogP contribution in [0.4, 0.5) is 0 Å². The first kappa shape index (κ1) is 20.6. The molecule has 35 heavy (non-hydrogen) atoms. The van der Waals surface area contributed by atoms with Crippen molar-refractivity contribution in [3.8, 4) is 5.75 Å². The lowest BCUT2D eigenvalue weighted by Gasteiger charge is -2.37. The maximum atomic E-state index is 13.8. The van der Waals surface area contributed by atoms with E-state index >= 15 is 0 Å². The first-order chi connectivity index (χ1) is 17.1. The van der Waals surface area contributed by atoms with Crippen LogP contribution >= 0.6 is 0 Å². The molecule has 2 amide bonds. The average Bonchev–Trinajstić information content (AvgIpc) is 3.67. The third kappa shape index (κ3) is 3.09. The first-order valence-corrected chi connectivity index (χ1v) is 12.3. The molecule has 2 saturated carbocycles. The molecule has 2 bridgehead atoms. The predicted molar refractivity (Wildman–Crippen MR) is 128 cm³/mol. The van der Waals surface area contributed by atoms with Crippen molar-refractivity contribution in [2.24, 2.45) is 35.5 Å². The van der Waals surface area contributed by atoms with E-state index in [0.29, 0.717) is 23.1 Å². The van der Waals surface area contributed by atoms with E-state index in [4.69, 9.17) is 4.74 Å². The Morgan fingerprint density at radius 1 is 0.914 bits per heavy atom. The molecule has 2 aromatic carbocycles. The second-order valence-corrected chi connectivity index (χ2v) is 10.2. The zero-order valence-corrected chi connectivity index (χ0v) is 19.0. The van der Waals surface area contributed by atoms with Crippen molar-refractivity contribution in [3.05, 3.63) is 84.6 Å². The van der Waals surface area contributed by atoms with Crippen LogP contribution < -0.4 is 4.74 Å². The van der Waals surface area contributed by atoms with E-state index in [9.17, 15) is 14.4 Å². The highest BCUT2D eigenvalue weighted by molar-refractivity contribution is 6.09. The molecule has 2 heterocycles. The number of esters is 1. The standard InChI is InChI=1S/C29H24N2O4/c32-27-24-18-11-12-19(21-15-20(18)21)25(24)28(33)31(27)22(14-16-6-2-1-3-7-16)29(34)35-23-10-4-8-17-9-5-13-30-26(17)23/h1-13,18-22,24-25H,14-15H2/t18-,19-,20-,21-,22-,24-,25+/m1/s1. The molecule has 5 aliphatic rings. The van der Waals surface area contributed by atoms with Crippen LogP contribution in [0, 0.1) is 35.5 Å². The number of amides is 2. The van der Waals surface area contributed by atoms with Crippen LogP contribution in [0.15, 0.2) is 79.0 Å². The maximum absolute atomic E-state index is 13.8. The van der Waals surface area contributed by atoms with Crippen LogP contribution in [0.1, 0.15) is 12.0 Å². The summed E-state index contributed by atoms with van der Waals surface area (Å²) in [5.41, 5.74) is 1.43. The van der Waals surface area contributed by atoms with E-state index in [1.54, 1.807) is 18.3 Å². The topological polar surface area (TPSA) is 76.6 Å². The summed E-state index contributed by atoms with van der Waals surface area (Å²) < 4.78 is 5.86. The highest BCUT2D eigenvalue weighted by Gasteiger charge is 2.68. The van der Waals surface area contributed by atoms with Crippen LogP contribution in [0.2, 0.25) is 0 Å². The zero-order chi connectivity index (χ0) is 23.7. The van der Waals surface area contributed by atoms with E-state index in [1.165, 1.54) is 4.90 Å². The average molecular weight is 465 g/mol. The van der Waals surface area contributed by atoms with Gasteiger partial charge in [-0.3, -0.25) is 19.5 Å². The van der Waals surface area contributed by atoms with Crippen molar-refractivity contribution >= 4 is 28.7 Å². The highest BCUT2D eigenvalue weighted by Crippen LogP contribution is 2.65. The summed E-state index contributed by atoms with van der Waals surface area (Å²) >= 11 is 0. The summed E-state index contributed by atoms with van der Waals surface area (Å²) in [6.07, 6.45) is 7.24. The van der Waals surface area contributed by atoms with E-state index in [1.807, 2.05) is 48.5 Å². The lowest BCUT2D eigenvalue weighted by Crippen LogP contribution is -2.48. The van der Waals surface area contributed by atoms with Gasteiger partial charge in [0.25, 0.3) is 0 Å². The highest BCUT2D eigenvalue weighted by atomic mass is 16.5. The van der Waals surface area contributed by atoms with Crippen LogP contribution in [0.3, 0.4) is 0 Å². The molecule has 1 saturated heterocycles. The van der Waals surface area contributed by atoms with Crippen LogP contribution in [-0.4, -0.2) is 33.7 Å². The number of hydrogen-bond donors (Lipinski definition) is 0. The number of nitrogens with zero attached hydrogens (tertiary/aromatic N) is 2. The van der Waals surface area contributed by atoms with Gasteiger partial charge in [-0.25, -0.2) is 4.79 Å². The number of carbonyl (C=O) groups excluding carboxylic acids is 3. The Kier molecular flexibility index (Phi) is 4.47.